The summed E-state index contributed by atoms with van der Waals surface area (Å²) in [6.45, 7) is 8.44. The highest BCUT2D eigenvalue weighted by molar-refractivity contribution is 9.10. The van der Waals surface area contributed by atoms with E-state index in [2.05, 4.69) is 42.0 Å². The Labute approximate surface area is 134 Å². The van der Waals surface area contributed by atoms with Crippen LogP contribution in [0.5, 0.6) is 0 Å². The summed E-state index contributed by atoms with van der Waals surface area (Å²) >= 11 is 3.28. The van der Waals surface area contributed by atoms with Crippen LogP contribution in [0.2, 0.25) is 0 Å². The molecule has 0 aliphatic heterocycles. The lowest BCUT2D eigenvalue weighted by molar-refractivity contribution is -0.117. The van der Waals surface area contributed by atoms with Crippen LogP contribution >= 0.6 is 15.9 Å². The fourth-order valence-corrected chi connectivity index (χ4v) is 2.92. The lowest BCUT2D eigenvalue weighted by Crippen LogP contribution is -2.20. The van der Waals surface area contributed by atoms with Gasteiger partial charge < -0.3 is 10.4 Å². The third kappa shape index (κ3) is 5.87. The third-order valence-electron chi connectivity index (χ3n) is 3.00. The third-order valence-corrected chi connectivity index (χ3v) is 3.66. The molecule has 5 heteroatoms. The number of hydrogen-bond acceptors (Lipinski definition) is 2. The van der Waals surface area contributed by atoms with E-state index < -0.39 is 5.97 Å². The van der Waals surface area contributed by atoms with E-state index >= 15 is 0 Å². The summed E-state index contributed by atoms with van der Waals surface area (Å²) in [5.41, 5.74) is 0.568. The average molecular weight is 356 g/mol. The normalized spacial score (nSPS) is 12.8. The van der Waals surface area contributed by atoms with E-state index in [-0.39, 0.29) is 22.8 Å². The predicted octanol–water partition coefficient (Wildman–Crippen LogP) is 4.55. The Morgan fingerprint density at radius 3 is 2.48 bits per heavy atom. The zero-order valence-corrected chi connectivity index (χ0v) is 14.5. The summed E-state index contributed by atoms with van der Waals surface area (Å²) in [6.07, 6.45) is 1.31. The fourth-order valence-electron chi connectivity index (χ4n) is 2.45. The standard InChI is InChI=1S/C16H22BrNO3/c1-10(9-16(2,3)4)8-13(19)18-14-11(15(20)21)6-5-7-12(14)17/h5-7,10H,8-9H2,1-4H3,(H,18,19)(H,20,21). The molecular weight excluding hydrogens is 334 g/mol. The number of hydrogen-bond donors (Lipinski definition) is 2. The lowest BCUT2D eigenvalue weighted by atomic mass is 9.84. The van der Waals surface area contributed by atoms with Gasteiger partial charge in [0.15, 0.2) is 0 Å². The monoisotopic (exact) mass is 355 g/mol. The molecule has 0 aliphatic carbocycles. The minimum absolute atomic E-state index is 0.0844. The van der Waals surface area contributed by atoms with Gasteiger partial charge in [-0.2, -0.15) is 0 Å². The summed E-state index contributed by atoms with van der Waals surface area (Å²) in [6, 6.07) is 4.81. The van der Waals surface area contributed by atoms with Crippen LogP contribution in [0.25, 0.3) is 0 Å². The second-order valence-electron chi connectivity index (χ2n) is 6.59. The maximum absolute atomic E-state index is 12.1. The summed E-state index contributed by atoms with van der Waals surface area (Å²) in [5.74, 6) is -0.990. The molecule has 0 saturated heterocycles. The van der Waals surface area contributed by atoms with Gasteiger partial charge in [0.1, 0.15) is 0 Å². The first-order valence-corrected chi connectivity index (χ1v) is 7.71. The number of amides is 1. The van der Waals surface area contributed by atoms with E-state index in [9.17, 15) is 9.59 Å². The van der Waals surface area contributed by atoms with Crippen molar-refractivity contribution in [2.75, 3.05) is 5.32 Å². The number of aromatic carboxylic acids is 1. The molecule has 21 heavy (non-hydrogen) atoms. The molecule has 0 radical (unpaired) electrons. The summed E-state index contributed by atoms with van der Waals surface area (Å²) in [4.78, 5) is 23.3. The summed E-state index contributed by atoms with van der Waals surface area (Å²) in [5, 5.41) is 11.9. The van der Waals surface area contributed by atoms with Crippen molar-refractivity contribution in [2.45, 2.75) is 40.5 Å². The highest BCUT2D eigenvalue weighted by atomic mass is 79.9. The van der Waals surface area contributed by atoms with Gasteiger partial charge in [-0.1, -0.05) is 33.8 Å². The minimum atomic E-state index is -1.06. The number of carbonyl (C=O) groups is 2. The molecule has 0 saturated carbocycles. The first-order valence-electron chi connectivity index (χ1n) is 6.92. The molecule has 0 aliphatic rings. The molecule has 1 unspecified atom stereocenters. The van der Waals surface area contributed by atoms with Crippen molar-refractivity contribution >= 4 is 33.5 Å². The highest BCUT2D eigenvalue weighted by Crippen LogP contribution is 2.29. The summed E-state index contributed by atoms with van der Waals surface area (Å²) < 4.78 is 0.569. The molecule has 1 aromatic rings. The molecule has 4 nitrogen and oxygen atoms in total. The Morgan fingerprint density at radius 2 is 1.95 bits per heavy atom. The number of carbonyl (C=O) groups excluding carboxylic acids is 1. The van der Waals surface area contributed by atoms with Crippen LogP contribution in [0.4, 0.5) is 5.69 Å². The van der Waals surface area contributed by atoms with E-state index in [1.807, 2.05) is 6.92 Å². The highest BCUT2D eigenvalue weighted by Gasteiger charge is 2.20. The molecule has 0 spiro atoms. The van der Waals surface area contributed by atoms with Crippen molar-refractivity contribution in [1.29, 1.82) is 0 Å². The van der Waals surface area contributed by atoms with Crippen LogP contribution in [0, 0.1) is 11.3 Å². The second kappa shape index (κ2) is 7.07. The Morgan fingerprint density at radius 1 is 1.33 bits per heavy atom. The largest absolute Gasteiger partial charge is 0.478 e. The van der Waals surface area contributed by atoms with Crippen molar-refractivity contribution in [2.24, 2.45) is 11.3 Å². The molecule has 1 amide bonds. The van der Waals surface area contributed by atoms with Gasteiger partial charge in [-0.3, -0.25) is 4.79 Å². The first kappa shape index (κ1) is 17.7. The molecule has 1 aromatic carbocycles. The average Bonchev–Trinajstić information content (AvgIpc) is 2.28. The quantitative estimate of drug-likeness (QED) is 0.814. The molecule has 0 fully saturated rings. The Kier molecular flexibility index (Phi) is 5.96. The number of anilines is 1. The molecule has 2 N–H and O–H groups in total. The van der Waals surface area contributed by atoms with Gasteiger partial charge in [-0.25, -0.2) is 4.79 Å². The zero-order chi connectivity index (χ0) is 16.2. The minimum Gasteiger partial charge on any atom is -0.478 e. The van der Waals surface area contributed by atoms with Gasteiger partial charge in [0.05, 0.1) is 11.3 Å². The van der Waals surface area contributed by atoms with Gasteiger partial charge >= 0.3 is 5.97 Å². The van der Waals surface area contributed by atoms with Gasteiger partial charge in [-0.05, 0) is 45.8 Å². The Balaban J connectivity index is 2.78. The van der Waals surface area contributed by atoms with E-state index in [0.29, 0.717) is 16.6 Å². The van der Waals surface area contributed by atoms with E-state index in [4.69, 9.17) is 5.11 Å². The van der Waals surface area contributed by atoms with Crippen LogP contribution in [0.3, 0.4) is 0 Å². The van der Waals surface area contributed by atoms with Crippen molar-refractivity contribution in [3.8, 4) is 0 Å². The van der Waals surface area contributed by atoms with Crippen LogP contribution in [-0.2, 0) is 4.79 Å². The van der Waals surface area contributed by atoms with Crippen LogP contribution in [-0.4, -0.2) is 17.0 Å². The zero-order valence-electron chi connectivity index (χ0n) is 12.9. The number of carboxylic acid groups (broad SMARTS) is 1. The smallest absolute Gasteiger partial charge is 0.337 e. The molecule has 0 bridgehead atoms. The van der Waals surface area contributed by atoms with Gasteiger partial charge in [0.25, 0.3) is 0 Å². The number of rotatable bonds is 5. The molecule has 0 aromatic heterocycles. The van der Waals surface area contributed by atoms with E-state index in [0.717, 1.165) is 6.42 Å². The Bertz CT molecular complexity index is 535. The fraction of sp³-hybridized carbons (Fsp3) is 0.500. The van der Waals surface area contributed by atoms with Crippen LogP contribution in [0.15, 0.2) is 22.7 Å². The topological polar surface area (TPSA) is 66.4 Å². The number of para-hydroxylation sites is 1. The van der Waals surface area contributed by atoms with Crippen LogP contribution < -0.4 is 5.32 Å². The van der Waals surface area contributed by atoms with E-state index in [1.54, 1.807) is 12.1 Å². The van der Waals surface area contributed by atoms with Gasteiger partial charge in [-0.15, -0.1) is 0 Å². The molecule has 116 valence electrons. The maximum atomic E-state index is 12.1. The molecule has 1 atom stereocenters. The molecule has 1 rings (SSSR count). The second-order valence-corrected chi connectivity index (χ2v) is 7.44. The number of carboxylic acids is 1. The van der Waals surface area contributed by atoms with Crippen LogP contribution in [0.1, 0.15) is 50.9 Å². The SMILES string of the molecule is CC(CC(=O)Nc1c(Br)cccc1C(=O)O)CC(C)(C)C. The van der Waals surface area contributed by atoms with E-state index in [1.165, 1.54) is 6.07 Å². The first-order chi connectivity index (χ1) is 9.60. The molecular formula is C16H22BrNO3. The Hall–Kier alpha value is -1.36. The number of halogens is 1. The van der Waals surface area contributed by atoms with Crippen molar-refractivity contribution in [3.63, 3.8) is 0 Å². The lowest BCUT2D eigenvalue weighted by Gasteiger charge is -2.23. The predicted molar refractivity (Wildman–Crippen MR) is 87.6 cm³/mol. The molecule has 0 heterocycles. The van der Waals surface area contributed by atoms with Gasteiger partial charge in [0.2, 0.25) is 5.91 Å². The number of nitrogens with one attached hydrogen (secondary N) is 1. The number of benzene rings is 1. The summed E-state index contributed by atoms with van der Waals surface area (Å²) in [7, 11) is 0. The van der Waals surface area contributed by atoms with Gasteiger partial charge in [0, 0.05) is 10.9 Å². The van der Waals surface area contributed by atoms with Crippen molar-refractivity contribution < 1.29 is 14.7 Å². The maximum Gasteiger partial charge on any atom is 0.337 e. The van der Waals surface area contributed by atoms with Crippen molar-refractivity contribution in [1.82, 2.24) is 0 Å². The van der Waals surface area contributed by atoms with Crippen molar-refractivity contribution in [3.05, 3.63) is 28.2 Å².